The first kappa shape index (κ1) is 14.4. The molecule has 4 nitrogen and oxygen atoms in total. The molecule has 114 valence electrons. The number of aromatic amines is 2. The van der Waals surface area contributed by atoms with Crippen LogP contribution < -0.4 is 4.74 Å². The van der Waals surface area contributed by atoms with E-state index in [2.05, 4.69) is 41.0 Å². The van der Waals surface area contributed by atoms with Crippen LogP contribution in [0.4, 0.5) is 0 Å². The molecule has 0 radical (unpaired) electrons. The van der Waals surface area contributed by atoms with Crippen molar-refractivity contribution in [2.45, 2.75) is 20.3 Å². The predicted molar refractivity (Wildman–Crippen MR) is 91.1 cm³/mol. The number of nitrogens with zero attached hydrogens (tertiary/aromatic N) is 1. The monoisotopic (exact) mass is 295 g/mol. The highest BCUT2D eigenvalue weighted by atomic mass is 16.5. The zero-order valence-electron chi connectivity index (χ0n) is 13.2. The van der Waals surface area contributed by atoms with Gasteiger partial charge in [-0.05, 0) is 42.2 Å². The summed E-state index contributed by atoms with van der Waals surface area (Å²) in [7, 11) is 1.69. The maximum atomic E-state index is 5.49. The van der Waals surface area contributed by atoms with Crippen molar-refractivity contribution in [2.75, 3.05) is 7.11 Å². The Labute approximate surface area is 130 Å². The van der Waals surface area contributed by atoms with Crippen LogP contribution in [0.5, 0.6) is 5.75 Å². The molecule has 3 heterocycles. The maximum Gasteiger partial charge on any atom is 0.144 e. The van der Waals surface area contributed by atoms with Crippen molar-refractivity contribution in [3.8, 4) is 17.1 Å². The molecule has 2 aromatic rings. The average Bonchev–Trinajstić information content (AvgIpc) is 3.20. The van der Waals surface area contributed by atoms with Gasteiger partial charge in [-0.25, -0.2) is 0 Å². The van der Waals surface area contributed by atoms with Crippen molar-refractivity contribution >= 4 is 12.3 Å². The van der Waals surface area contributed by atoms with Gasteiger partial charge in [-0.3, -0.25) is 4.99 Å². The van der Waals surface area contributed by atoms with Gasteiger partial charge >= 0.3 is 0 Å². The summed E-state index contributed by atoms with van der Waals surface area (Å²) >= 11 is 0. The minimum absolute atomic E-state index is 0.608. The van der Waals surface area contributed by atoms with Gasteiger partial charge < -0.3 is 14.7 Å². The molecule has 0 bridgehead atoms. The first-order valence-electron chi connectivity index (χ1n) is 7.53. The van der Waals surface area contributed by atoms with Crippen LogP contribution in [0.2, 0.25) is 0 Å². The summed E-state index contributed by atoms with van der Waals surface area (Å²) in [5, 5.41) is 0. The molecule has 0 fully saturated rings. The normalized spacial score (nSPS) is 15.8. The van der Waals surface area contributed by atoms with E-state index in [4.69, 9.17) is 4.74 Å². The molecule has 22 heavy (non-hydrogen) atoms. The number of nitrogens with one attached hydrogen (secondary N) is 2. The van der Waals surface area contributed by atoms with Gasteiger partial charge in [-0.2, -0.15) is 0 Å². The number of methoxy groups -OCH3 is 1. The smallest absolute Gasteiger partial charge is 0.144 e. The Kier molecular flexibility index (Phi) is 4.00. The van der Waals surface area contributed by atoms with Gasteiger partial charge in [-0.1, -0.05) is 13.8 Å². The molecule has 2 aromatic heterocycles. The van der Waals surface area contributed by atoms with Gasteiger partial charge in [0, 0.05) is 18.5 Å². The SMILES string of the molecule is COc1cc(-c2ccc[nH]2)[nH]c1/C=C1\N=CC=C1CC(C)C. The van der Waals surface area contributed by atoms with Crippen LogP contribution >= 0.6 is 0 Å². The second-order valence-corrected chi connectivity index (χ2v) is 5.85. The summed E-state index contributed by atoms with van der Waals surface area (Å²) in [5.74, 6) is 1.43. The molecule has 0 saturated heterocycles. The Morgan fingerprint density at radius 1 is 1.32 bits per heavy atom. The average molecular weight is 295 g/mol. The molecule has 0 saturated carbocycles. The minimum atomic E-state index is 0.608. The third-order valence-corrected chi connectivity index (χ3v) is 3.65. The molecular weight excluding hydrogens is 274 g/mol. The van der Waals surface area contributed by atoms with Crippen LogP contribution in [0.1, 0.15) is 26.0 Å². The number of hydrogen-bond donors (Lipinski definition) is 2. The van der Waals surface area contributed by atoms with Gasteiger partial charge in [0.2, 0.25) is 0 Å². The van der Waals surface area contributed by atoms with Gasteiger partial charge in [0.1, 0.15) is 5.75 Å². The first-order chi connectivity index (χ1) is 10.7. The lowest BCUT2D eigenvalue weighted by Gasteiger charge is -2.07. The van der Waals surface area contributed by atoms with Crippen LogP contribution in [0.15, 0.2) is 46.7 Å². The van der Waals surface area contributed by atoms with E-state index in [1.54, 1.807) is 7.11 Å². The van der Waals surface area contributed by atoms with Crippen LogP contribution in [0, 0.1) is 5.92 Å². The Morgan fingerprint density at radius 3 is 2.86 bits per heavy atom. The van der Waals surface area contributed by atoms with E-state index in [1.807, 2.05) is 30.6 Å². The topological polar surface area (TPSA) is 53.2 Å². The van der Waals surface area contributed by atoms with Crippen LogP contribution in [0.3, 0.4) is 0 Å². The number of ether oxygens (including phenoxy) is 1. The van der Waals surface area contributed by atoms with Crippen molar-refractivity contribution in [2.24, 2.45) is 10.9 Å². The van der Waals surface area contributed by atoms with E-state index >= 15 is 0 Å². The van der Waals surface area contributed by atoms with Gasteiger partial charge in [0.25, 0.3) is 0 Å². The molecule has 0 aliphatic carbocycles. The van der Waals surface area contributed by atoms with E-state index < -0.39 is 0 Å². The third-order valence-electron chi connectivity index (χ3n) is 3.65. The molecule has 0 spiro atoms. The van der Waals surface area contributed by atoms with E-state index in [0.717, 1.165) is 34.9 Å². The van der Waals surface area contributed by atoms with Gasteiger partial charge in [-0.15, -0.1) is 0 Å². The zero-order chi connectivity index (χ0) is 15.5. The lowest BCUT2D eigenvalue weighted by Crippen LogP contribution is -1.92. The Morgan fingerprint density at radius 2 is 2.18 bits per heavy atom. The summed E-state index contributed by atoms with van der Waals surface area (Å²) in [5.41, 5.74) is 5.26. The van der Waals surface area contributed by atoms with Crippen LogP contribution in [-0.4, -0.2) is 23.3 Å². The number of aliphatic imine (C=N–C) groups is 1. The Bertz CT molecular complexity index is 730. The van der Waals surface area contributed by atoms with Crippen molar-refractivity contribution in [1.82, 2.24) is 9.97 Å². The van der Waals surface area contributed by atoms with Gasteiger partial charge in [0.05, 0.1) is 29.9 Å². The lowest BCUT2D eigenvalue weighted by atomic mass is 10.0. The van der Waals surface area contributed by atoms with Crippen molar-refractivity contribution in [3.05, 3.63) is 47.4 Å². The molecule has 0 aromatic carbocycles. The number of hydrogen-bond acceptors (Lipinski definition) is 2. The number of rotatable bonds is 5. The fourth-order valence-electron chi connectivity index (χ4n) is 2.63. The minimum Gasteiger partial charge on any atom is -0.494 e. The molecule has 3 rings (SSSR count). The fraction of sp³-hybridized carbons (Fsp3) is 0.278. The van der Waals surface area contributed by atoms with Crippen molar-refractivity contribution < 1.29 is 4.74 Å². The highest BCUT2D eigenvalue weighted by Crippen LogP contribution is 2.31. The van der Waals surface area contributed by atoms with Gasteiger partial charge in [0.15, 0.2) is 0 Å². The second-order valence-electron chi connectivity index (χ2n) is 5.85. The van der Waals surface area contributed by atoms with E-state index in [9.17, 15) is 0 Å². The molecule has 4 heteroatoms. The number of allylic oxidation sites excluding steroid dienone is 2. The predicted octanol–water partition coefficient (Wildman–Crippen LogP) is 4.42. The Hall–Kier alpha value is -2.49. The largest absolute Gasteiger partial charge is 0.494 e. The first-order valence-corrected chi connectivity index (χ1v) is 7.53. The molecule has 1 aliphatic heterocycles. The quantitative estimate of drug-likeness (QED) is 0.843. The molecular formula is C18H21N3O. The van der Waals surface area contributed by atoms with Crippen molar-refractivity contribution in [1.29, 1.82) is 0 Å². The highest BCUT2D eigenvalue weighted by molar-refractivity contribution is 5.82. The maximum absolute atomic E-state index is 5.49. The standard InChI is InChI=1S/C18H21N3O/c1-12(2)9-13-6-8-20-15(13)10-17-18(22-3)11-16(21-17)14-5-4-7-19-14/h4-8,10-12,19,21H,9H2,1-3H3/b15-10-. The molecule has 0 amide bonds. The number of aromatic nitrogens is 2. The van der Waals surface area contributed by atoms with E-state index in [1.165, 1.54) is 5.57 Å². The lowest BCUT2D eigenvalue weighted by molar-refractivity contribution is 0.414. The van der Waals surface area contributed by atoms with Crippen LogP contribution in [-0.2, 0) is 0 Å². The summed E-state index contributed by atoms with van der Waals surface area (Å²) in [4.78, 5) is 11.1. The fourth-order valence-corrected chi connectivity index (χ4v) is 2.63. The zero-order valence-corrected chi connectivity index (χ0v) is 13.2. The molecule has 1 aliphatic rings. The molecule has 0 unspecified atom stereocenters. The summed E-state index contributed by atoms with van der Waals surface area (Å²) in [6.45, 7) is 4.44. The molecule has 0 atom stereocenters. The number of H-pyrrole nitrogens is 2. The third kappa shape index (κ3) is 2.91. The van der Waals surface area contributed by atoms with Crippen LogP contribution in [0.25, 0.3) is 17.5 Å². The molecule has 2 N–H and O–H groups in total. The van der Waals surface area contributed by atoms with Crippen molar-refractivity contribution in [3.63, 3.8) is 0 Å². The summed E-state index contributed by atoms with van der Waals surface area (Å²) in [6, 6.07) is 6.01. The van der Waals surface area contributed by atoms with E-state index in [-0.39, 0.29) is 0 Å². The summed E-state index contributed by atoms with van der Waals surface area (Å²) in [6.07, 6.45) is 8.95. The summed E-state index contributed by atoms with van der Waals surface area (Å²) < 4.78 is 5.49. The Balaban J connectivity index is 1.93. The second kappa shape index (κ2) is 6.10. The highest BCUT2D eigenvalue weighted by Gasteiger charge is 2.14. The van der Waals surface area contributed by atoms with E-state index in [0.29, 0.717) is 5.92 Å².